The Morgan fingerprint density at radius 1 is 1.44 bits per heavy atom. The summed E-state index contributed by atoms with van der Waals surface area (Å²) >= 11 is 0. The molecule has 1 atom stereocenters. The molecule has 1 N–H and O–H groups in total. The van der Waals surface area contributed by atoms with Crippen LogP contribution in [0.1, 0.15) is 26.7 Å². The summed E-state index contributed by atoms with van der Waals surface area (Å²) in [6.45, 7) is 3.96. The van der Waals surface area contributed by atoms with Crippen LogP contribution >= 0.6 is 0 Å². The second-order valence-corrected chi connectivity index (χ2v) is 2.15. The Morgan fingerprint density at radius 2 is 1.89 bits per heavy atom. The van der Waals surface area contributed by atoms with Gasteiger partial charge in [-0.2, -0.15) is 5.26 Å². The molecular weight excluding hydrogens is 114 g/mol. The summed E-state index contributed by atoms with van der Waals surface area (Å²) in [7, 11) is 0. The van der Waals surface area contributed by atoms with Gasteiger partial charge in [-0.25, -0.2) is 0 Å². The lowest BCUT2D eigenvalue weighted by Crippen LogP contribution is -2.16. The van der Waals surface area contributed by atoms with E-state index in [2.05, 4.69) is 0 Å². The van der Waals surface area contributed by atoms with Crippen LogP contribution < -0.4 is 0 Å². The minimum atomic E-state index is -0.764. The highest BCUT2D eigenvalue weighted by atomic mass is 16.3. The minimum absolute atomic E-state index is 0.162. The molecular formula is C7H13NO. The Labute approximate surface area is 56.1 Å². The van der Waals surface area contributed by atoms with Crippen LogP contribution in [0.2, 0.25) is 0 Å². The van der Waals surface area contributed by atoms with Crippen molar-refractivity contribution >= 4 is 0 Å². The van der Waals surface area contributed by atoms with Gasteiger partial charge in [-0.05, 0) is 18.8 Å². The smallest absolute Gasteiger partial charge is 0.143 e. The van der Waals surface area contributed by atoms with E-state index in [0.717, 1.165) is 12.8 Å². The maximum absolute atomic E-state index is 8.96. The van der Waals surface area contributed by atoms with Gasteiger partial charge in [0.15, 0.2) is 0 Å². The van der Waals surface area contributed by atoms with Crippen molar-refractivity contribution in [3.05, 3.63) is 0 Å². The molecule has 2 heteroatoms. The number of nitriles is 1. The first-order valence-electron chi connectivity index (χ1n) is 3.33. The quantitative estimate of drug-likeness (QED) is 0.581. The van der Waals surface area contributed by atoms with E-state index in [9.17, 15) is 0 Å². The molecule has 0 aliphatic rings. The van der Waals surface area contributed by atoms with Gasteiger partial charge < -0.3 is 5.11 Å². The lowest BCUT2D eigenvalue weighted by Gasteiger charge is -2.11. The average molecular weight is 127 g/mol. The van der Waals surface area contributed by atoms with E-state index in [-0.39, 0.29) is 5.92 Å². The van der Waals surface area contributed by atoms with Crippen molar-refractivity contribution in [3.63, 3.8) is 0 Å². The van der Waals surface area contributed by atoms with Crippen LogP contribution in [0.3, 0.4) is 0 Å². The monoisotopic (exact) mass is 127 g/mol. The van der Waals surface area contributed by atoms with E-state index >= 15 is 0 Å². The first-order valence-corrected chi connectivity index (χ1v) is 3.33. The number of aliphatic hydroxyl groups is 1. The summed E-state index contributed by atoms with van der Waals surface area (Å²) in [4.78, 5) is 0. The summed E-state index contributed by atoms with van der Waals surface area (Å²) in [6, 6.07) is 1.82. The molecule has 9 heavy (non-hydrogen) atoms. The van der Waals surface area contributed by atoms with Gasteiger partial charge in [-0.15, -0.1) is 0 Å². The molecule has 0 spiro atoms. The van der Waals surface area contributed by atoms with Gasteiger partial charge in [-0.3, -0.25) is 0 Å². The Morgan fingerprint density at radius 3 is 2.00 bits per heavy atom. The molecule has 0 radical (unpaired) electrons. The van der Waals surface area contributed by atoms with Gasteiger partial charge in [0, 0.05) is 0 Å². The van der Waals surface area contributed by atoms with Crippen molar-refractivity contribution in [1.29, 1.82) is 5.26 Å². The number of hydrogen-bond donors (Lipinski definition) is 1. The minimum Gasteiger partial charge on any atom is -0.378 e. The lowest BCUT2D eigenvalue weighted by atomic mass is 9.98. The summed E-state index contributed by atoms with van der Waals surface area (Å²) < 4.78 is 0. The average Bonchev–Trinajstić information content (AvgIpc) is 1.90. The fraction of sp³-hybridized carbons (Fsp3) is 0.857. The van der Waals surface area contributed by atoms with Crippen LogP contribution in [0.15, 0.2) is 0 Å². The number of nitrogens with zero attached hydrogens (tertiary/aromatic N) is 1. The third-order valence-electron chi connectivity index (χ3n) is 1.63. The van der Waals surface area contributed by atoms with Gasteiger partial charge in [-0.1, -0.05) is 13.8 Å². The third-order valence-corrected chi connectivity index (χ3v) is 1.63. The summed E-state index contributed by atoms with van der Waals surface area (Å²) in [5.41, 5.74) is 0. The van der Waals surface area contributed by atoms with Gasteiger partial charge in [0.25, 0.3) is 0 Å². The predicted octanol–water partition coefficient (Wildman–Crippen LogP) is 1.31. The number of rotatable bonds is 3. The van der Waals surface area contributed by atoms with Crippen molar-refractivity contribution in [2.75, 3.05) is 0 Å². The van der Waals surface area contributed by atoms with E-state index in [4.69, 9.17) is 10.4 Å². The van der Waals surface area contributed by atoms with Crippen molar-refractivity contribution in [2.24, 2.45) is 5.92 Å². The fourth-order valence-corrected chi connectivity index (χ4v) is 0.841. The normalized spacial score (nSPS) is 13.2. The van der Waals surface area contributed by atoms with E-state index in [1.807, 2.05) is 19.9 Å². The largest absolute Gasteiger partial charge is 0.378 e. The molecule has 0 aromatic heterocycles. The van der Waals surface area contributed by atoms with Gasteiger partial charge in [0.05, 0.1) is 6.07 Å². The SMILES string of the molecule is CCC(CC)[C@@H](O)C#N. The van der Waals surface area contributed by atoms with Crippen LogP contribution in [-0.4, -0.2) is 11.2 Å². The van der Waals surface area contributed by atoms with Crippen LogP contribution in [0, 0.1) is 17.2 Å². The zero-order chi connectivity index (χ0) is 7.28. The molecule has 0 aliphatic carbocycles. The molecule has 0 heterocycles. The maximum Gasteiger partial charge on any atom is 0.143 e. The van der Waals surface area contributed by atoms with E-state index in [0.29, 0.717) is 0 Å². The zero-order valence-electron chi connectivity index (χ0n) is 5.96. The highest BCUT2D eigenvalue weighted by molar-refractivity contribution is 4.86. The second kappa shape index (κ2) is 4.34. The molecule has 0 saturated carbocycles. The number of aliphatic hydroxyl groups excluding tert-OH is 1. The van der Waals surface area contributed by atoms with Crippen LogP contribution in [-0.2, 0) is 0 Å². The third kappa shape index (κ3) is 2.48. The molecule has 0 rings (SSSR count). The van der Waals surface area contributed by atoms with Gasteiger partial charge in [0.1, 0.15) is 6.10 Å². The van der Waals surface area contributed by atoms with Crippen molar-refractivity contribution < 1.29 is 5.11 Å². The molecule has 0 aromatic rings. The Kier molecular flexibility index (Phi) is 4.08. The molecule has 0 fully saturated rings. The molecule has 0 unspecified atom stereocenters. The zero-order valence-corrected chi connectivity index (χ0v) is 5.96. The molecule has 52 valence electrons. The van der Waals surface area contributed by atoms with E-state index < -0.39 is 6.10 Å². The van der Waals surface area contributed by atoms with Crippen molar-refractivity contribution in [3.8, 4) is 6.07 Å². The standard InChI is InChI=1S/C7H13NO/c1-3-6(4-2)7(9)5-8/h6-7,9H,3-4H2,1-2H3/t7-/m0/s1. The maximum atomic E-state index is 8.96. The summed E-state index contributed by atoms with van der Waals surface area (Å²) in [5.74, 6) is 0.162. The summed E-state index contributed by atoms with van der Waals surface area (Å²) in [6.07, 6.45) is 0.996. The first-order chi connectivity index (χ1) is 4.26. The highest BCUT2D eigenvalue weighted by Gasteiger charge is 2.12. The molecule has 2 nitrogen and oxygen atoms in total. The summed E-state index contributed by atoms with van der Waals surface area (Å²) in [5, 5.41) is 17.2. The fourth-order valence-electron chi connectivity index (χ4n) is 0.841. The van der Waals surface area contributed by atoms with Crippen LogP contribution in [0.4, 0.5) is 0 Å². The number of hydrogen-bond acceptors (Lipinski definition) is 2. The van der Waals surface area contributed by atoms with Crippen molar-refractivity contribution in [1.82, 2.24) is 0 Å². The molecule has 0 aromatic carbocycles. The van der Waals surface area contributed by atoms with E-state index in [1.54, 1.807) is 0 Å². The van der Waals surface area contributed by atoms with Crippen molar-refractivity contribution in [2.45, 2.75) is 32.8 Å². The van der Waals surface area contributed by atoms with Crippen LogP contribution in [0.5, 0.6) is 0 Å². The van der Waals surface area contributed by atoms with Gasteiger partial charge >= 0.3 is 0 Å². The predicted molar refractivity (Wildman–Crippen MR) is 35.7 cm³/mol. The lowest BCUT2D eigenvalue weighted by molar-refractivity contribution is 0.153. The molecule has 0 bridgehead atoms. The Balaban J connectivity index is 3.67. The Bertz CT molecular complexity index is 102. The van der Waals surface area contributed by atoms with Gasteiger partial charge in [0.2, 0.25) is 0 Å². The highest BCUT2D eigenvalue weighted by Crippen LogP contribution is 2.11. The Hall–Kier alpha value is -0.550. The van der Waals surface area contributed by atoms with Crippen LogP contribution in [0.25, 0.3) is 0 Å². The van der Waals surface area contributed by atoms with E-state index in [1.165, 1.54) is 0 Å². The first kappa shape index (κ1) is 8.45. The topological polar surface area (TPSA) is 44.0 Å². The second-order valence-electron chi connectivity index (χ2n) is 2.15. The molecule has 0 amide bonds. The molecule has 0 saturated heterocycles. The molecule has 0 aliphatic heterocycles.